The van der Waals surface area contributed by atoms with E-state index in [-0.39, 0.29) is 12.4 Å². The fourth-order valence-electron chi connectivity index (χ4n) is 4.59. The third kappa shape index (κ3) is 3.91. The molecule has 0 spiro atoms. The fourth-order valence-corrected chi connectivity index (χ4v) is 4.59. The van der Waals surface area contributed by atoms with Crippen molar-refractivity contribution in [2.24, 2.45) is 0 Å². The molecule has 0 aliphatic carbocycles. The Bertz CT molecular complexity index is 1470. The van der Waals surface area contributed by atoms with Crippen LogP contribution in [0.4, 0.5) is 11.6 Å². The fraction of sp³-hybridized carbons (Fsp3) is 0.280. The molecule has 2 aromatic carbocycles. The van der Waals surface area contributed by atoms with Crippen molar-refractivity contribution in [1.82, 2.24) is 29.1 Å². The number of aryl methyl sites for hydroxylation is 1. The Morgan fingerprint density at radius 1 is 0.829 bits per heavy atom. The average molecular weight is 471 g/mol. The van der Waals surface area contributed by atoms with Crippen LogP contribution in [0.25, 0.3) is 28.0 Å². The zero-order valence-electron chi connectivity index (χ0n) is 19.2. The Balaban J connectivity index is 1.38. The number of fused-ring (bicyclic) bond motifs is 2. The number of rotatable bonds is 6. The molecule has 6 rings (SSSR count). The summed E-state index contributed by atoms with van der Waals surface area (Å²) in [5, 5.41) is 18.9. The van der Waals surface area contributed by atoms with Crippen LogP contribution in [0, 0.1) is 0 Å². The van der Waals surface area contributed by atoms with E-state index < -0.39 is 0 Å². The summed E-state index contributed by atoms with van der Waals surface area (Å²) < 4.78 is 3.95. The summed E-state index contributed by atoms with van der Waals surface area (Å²) in [6, 6.07) is 15.3. The van der Waals surface area contributed by atoms with Crippen molar-refractivity contribution < 1.29 is 10.2 Å². The van der Waals surface area contributed by atoms with Gasteiger partial charge >= 0.3 is 0 Å². The van der Waals surface area contributed by atoms with Crippen LogP contribution < -0.4 is 9.80 Å². The average Bonchev–Trinajstić information content (AvgIpc) is 3.52. The quantitative estimate of drug-likeness (QED) is 0.390. The Hall–Kier alpha value is -4.18. The molecule has 2 N–H and O–H groups in total. The van der Waals surface area contributed by atoms with E-state index in [0.717, 1.165) is 48.5 Å². The van der Waals surface area contributed by atoms with Gasteiger partial charge in [0.1, 0.15) is 12.1 Å². The third-order valence-electron chi connectivity index (χ3n) is 6.45. The normalized spacial score (nSPS) is 14.3. The number of para-hydroxylation sites is 2. The second-order valence-electron chi connectivity index (χ2n) is 8.63. The maximum absolute atomic E-state index is 9.59. The van der Waals surface area contributed by atoms with Crippen LogP contribution in [0.1, 0.15) is 6.42 Å². The van der Waals surface area contributed by atoms with Crippen molar-refractivity contribution in [1.29, 1.82) is 0 Å². The van der Waals surface area contributed by atoms with Gasteiger partial charge in [-0.3, -0.25) is 4.57 Å². The molecule has 0 bridgehead atoms. The number of hydrogen-bond donors (Lipinski definition) is 2. The number of aliphatic hydroxyl groups excluding tert-OH is 1. The first-order valence-corrected chi connectivity index (χ1v) is 11.8. The van der Waals surface area contributed by atoms with Crippen molar-refractivity contribution in [3.63, 3.8) is 0 Å². The molecule has 5 aromatic rings. The zero-order valence-corrected chi connectivity index (χ0v) is 19.2. The summed E-state index contributed by atoms with van der Waals surface area (Å²) in [6.07, 6.45) is 4.18. The maximum Gasteiger partial charge on any atom is 0.229 e. The molecule has 0 amide bonds. The standard InChI is InChI=1S/C25H26N8O2/c34-15-3-10-32-16-27-22-23(32)28-25(29-24(22)33-17-26-20-4-1-2-5-21(20)33)31-13-11-30(12-14-31)18-6-8-19(35)9-7-18/h1-2,4-9,16-17,34-35H,3,10-15H2. The number of phenols is 1. The number of benzene rings is 2. The highest BCUT2D eigenvalue weighted by Crippen LogP contribution is 2.27. The summed E-state index contributed by atoms with van der Waals surface area (Å²) in [5.74, 6) is 1.62. The number of piperazine rings is 1. The molecule has 1 fully saturated rings. The van der Waals surface area contributed by atoms with E-state index in [0.29, 0.717) is 30.2 Å². The highest BCUT2D eigenvalue weighted by molar-refractivity contribution is 5.85. The molecule has 0 saturated carbocycles. The summed E-state index contributed by atoms with van der Waals surface area (Å²) >= 11 is 0. The predicted molar refractivity (Wildman–Crippen MR) is 134 cm³/mol. The molecule has 10 nitrogen and oxygen atoms in total. The number of imidazole rings is 2. The van der Waals surface area contributed by atoms with Gasteiger partial charge in [-0.2, -0.15) is 9.97 Å². The van der Waals surface area contributed by atoms with E-state index >= 15 is 0 Å². The lowest BCUT2D eigenvalue weighted by Gasteiger charge is -2.36. The summed E-state index contributed by atoms with van der Waals surface area (Å²) in [4.78, 5) is 23.6. The number of hydrogen-bond acceptors (Lipinski definition) is 8. The van der Waals surface area contributed by atoms with Crippen molar-refractivity contribution in [2.75, 3.05) is 42.6 Å². The molecule has 3 aromatic heterocycles. The van der Waals surface area contributed by atoms with Gasteiger partial charge in [0.15, 0.2) is 17.0 Å². The van der Waals surface area contributed by atoms with Crippen LogP contribution in [0.2, 0.25) is 0 Å². The molecular formula is C25H26N8O2. The van der Waals surface area contributed by atoms with E-state index in [1.165, 1.54) is 0 Å². The van der Waals surface area contributed by atoms with Gasteiger partial charge < -0.3 is 24.6 Å². The van der Waals surface area contributed by atoms with Gasteiger partial charge in [0, 0.05) is 45.0 Å². The molecule has 0 radical (unpaired) electrons. The SMILES string of the molecule is OCCCn1cnc2c(-n3cnc4ccccc43)nc(N3CCN(c4ccc(O)cc4)CC3)nc21. The highest BCUT2D eigenvalue weighted by atomic mass is 16.3. The second-order valence-corrected chi connectivity index (χ2v) is 8.63. The lowest BCUT2D eigenvalue weighted by molar-refractivity contribution is 0.280. The Morgan fingerprint density at radius 2 is 1.60 bits per heavy atom. The predicted octanol–water partition coefficient (Wildman–Crippen LogP) is 2.58. The number of nitrogens with zero attached hydrogens (tertiary/aromatic N) is 8. The maximum atomic E-state index is 9.59. The summed E-state index contributed by atoms with van der Waals surface area (Å²) in [5.41, 5.74) is 4.39. The zero-order chi connectivity index (χ0) is 23.8. The minimum atomic E-state index is 0.107. The molecule has 4 heterocycles. The van der Waals surface area contributed by atoms with Crippen LogP contribution in [0.5, 0.6) is 5.75 Å². The molecule has 178 valence electrons. The van der Waals surface area contributed by atoms with Crippen LogP contribution in [0.3, 0.4) is 0 Å². The van der Waals surface area contributed by atoms with Crippen LogP contribution in [0.15, 0.2) is 61.2 Å². The number of anilines is 2. The summed E-state index contributed by atoms with van der Waals surface area (Å²) in [7, 11) is 0. The molecule has 1 aliphatic rings. The van der Waals surface area contributed by atoms with E-state index in [4.69, 9.17) is 9.97 Å². The largest absolute Gasteiger partial charge is 0.508 e. The Labute approximate surface area is 201 Å². The van der Waals surface area contributed by atoms with E-state index in [1.807, 2.05) is 45.5 Å². The van der Waals surface area contributed by atoms with Crippen LogP contribution >= 0.6 is 0 Å². The lowest BCUT2D eigenvalue weighted by atomic mass is 10.2. The van der Waals surface area contributed by atoms with Crippen LogP contribution in [-0.4, -0.2) is 72.1 Å². The lowest BCUT2D eigenvalue weighted by Crippen LogP contribution is -2.47. The molecule has 1 saturated heterocycles. The minimum Gasteiger partial charge on any atom is -0.508 e. The van der Waals surface area contributed by atoms with E-state index in [1.54, 1.807) is 24.8 Å². The van der Waals surface area contributed by atoms with Gasteiger partial charge in [-0.1, -0.05) is 12.1 Å². The molecule has 35 heavy (non-hydrogen) atoms. The van der Waals surface area contributed by atoms with Gasteiger partial charge in [0.2, 0.25) is 5.95 Å². The number of aromatic hydroxyl groups is 1. The van der Waals surface area contributed by atoms with Crippen LogP contribution in [-0.2, 0) is 6.54 Å². The Kier molecular flexibility index (Phi) is 5.42. The van der Waals surface area contributed by atoms with Crippen molar-refractivity contribution >= 4 is 33.8 Å². The third-order valence-corrected chi connectivity index (χ3v) is 6.45. The topological polar surface area (TPSA) is 108 Å². The molecule has 0 unspecified atom stereocenters. The number of phenolic OH excluding ortho intramolecular Hbond substituents is 1. The number of aromatic nitrogens is 6. The molecular weight excluding hydrogens is 444 g/mol. The van der Waals surface area contributed by atoms with E-state index in [2.05, 4.69) is 19.8 Å². The molecule has 1 aliphatic heterocycles. The smallest absolute Gasteiger partial charge is 0.229 e. The first kappa shape index (κ1) is 21.4. The summed E-state index contributed by atoms with van der Waals surface area (Å²) in [6.45, 7) is 3.90. The first-order chi connectivity index (χ1) is 17.2. The highest BCUT2D eigenvalue weighted by Gasteiger charge is 2.23. The molecule has 10 heteroatoms. The second kappa shape index (κ2) is 8.88. The van der Waals surface area contributed by atoms with Gasteiger partial charge in [0.05, 0.1) is 17.4 Å². The Morgan fingerprint density at radius 3 is 2.40 bits per heavy atom. The van der Waals surface area contributed by atoms with Crippen molar-refractivity contribution in [2.45, 2.75) is 13.0 Å². The van der Waals surface area contributed by atoms with E-state index in [9.17, 15) is 10.2 Å². The van der Waals surface area contributed by atoms with Gasteiger partial charge in [-0.15, -0.1) is 0 Å². The van der Waals surface area contributed by atoms with Crippen molar-refractivity contribution in [3.8, 4) is 11.6 Å². The first-order valence-electron chi connectivity index (χ1n) is 11.8. The monoisotopic (exact) mass is 470 g/mol. The molecule has 0 atom stereocenters. The van der Waals surface area contributed by atoms with Crippen molar-refractivity contribution in [3.05, 3.63) is 61.2 Å². The van der Waals surface area contributed by atoms with Gasteiger partial charge in [-0.05, 0) is 42.8 Å². The van der Waals surface area contributed by atoms with Gasteiger partial charge in [-0.25, -0.2) is 9.97 Å². The number of aliphatic hydroxyl groups is 1. The minimum absolute atomic E-state index is 0.107. The van der Waals surface area contributed by atoms with Gasteiger partial charge in [0.25, 0.3) is 0 Å².